The molecule has 132 valence electrons. The van der Waals surface area contributed by atoms with E-state index in [2.05, 4.69) is 14.9 Å². The quantitative estimate of drug-likeness (QED) is 0.855. The zero-order chi connectivity index (χ0) is 18.0. The molecule has 0 amide bonds. The standard InChI is InChI=1S/C16H23N3O4S/c1-11-6-7-12(22-5)13(10-11)24(20,21)17-9-8-14-18-15(23-19-14)16(2,3)4/h6-7,10,17H,8-9H2,1-5H3. The van der Waals surface area contributed by atoms with Gasteiger partial charge in [-0.25, -0.2) is 13.1 Å². The summed E-state index contributed by atoms with van der Waals surface area (Å²) in [6, 6.07) is 5.01. The average Bonchev–Trinajstić information content (AvgIpc) is 2.96. The lowest BCUT2D eigenvalue weighted by molar-refractivity contribution is 0.318. The second-order valence-corrected chi connectivity index (χ2v) is 8.30. The van der Waals surface area contributed by atoms with Crippen LogP contribution in [0, 0.1) is 6.92 Å². The Balaban J connectivity index is 2.06. The van der Waals surface area contributed by atoms with Crippen LogP contribution in [-0.4, -0.2) is 32.2 Å². The van der Waals surface area contributed by atoms with Crippen LogP contribution in [0.4, 0.5) is 0 Å². The number of aryl methyl sites for hydroxylation is 1. The maximum atomic E-state index is 12.5. The summed E-state index contributed by atoms with van der Waals surface area (Å²) in [5.74, 6) is 1.31. The number of aromatic nitrogens is 2. The number of hydrogen-bond donors (Lipinski definition) is 1. The van der Waals surface area contributed by atoms with Crippen molar-refractivity contribution >= 4 is 10.0 Å². The lowest BCUT2D eigenvalue weighted by Gasteiger charge is -2.11. The molecule has 0 saturated heterocycles. The summed E-state index contributed by atoms with van der Waals surface area (Å²) in [6.45, 7) is 7.90. The maximum absolute atomic E-state index is 12.5. The minimum absolute atomic E-state index is 0.119. The number of rotatable bonds is 6. The molecule has 7 nitrogen and oxygen atoms in total. The molecule has 0 aliphatic rings. The van der Waals surface area contributed by atoms with Crippen molar-refractivity contribution in [1.29, 1.82) is 0 Å². The first-order valence-corrected chi connectivity index (χ1v) is 9.09. The van der Waals surface area contributed by atoms with E-state index < -0.39 is 10.0 Å². The molecule has 0 aliphatic heterocycles. The Morgan fingerprint density at radius 1 is 1.29 bits per heavy atom. The Morgan fingerprint density at radius 3 is 2.58 bits per heavy atom. The highest BCUT2D eigenvalue weighted by Crippen LogP contribution is 2.24. The molecule has 0 saturated carbocycles. The molecular weight excluding hydrogens is 330 g/mol. The predicted molar refractivity (Wildman–Crippen MR) is 89.6 cm³/mol. The Hall–Kier alpha value is -1.93. The van der Waals surface area contributed by atoms with Gasteiger partial charge in [-0.15, -0.1) is 0 Å². The molecule has 24 heavy (non-hydrogen) atoms. The van der Waals surface area contributed by atoms with Crippen LogP contribution in [0.15, 0.2) is 27.6 Å². The molecule has 8 heteroatoms. The zero-order valence-electron chi connectivity index (χ0n) is 14.6. The molecule has 2 aromatic rings. The van der Waals surface area contributed by atoms with Crippen LogP contribution in [0.1, 0.15) is 38.0 Å². The van der Waals surface area contributed by atoms with Crippen LogP contribution in [0.25, 0.3) is 0 Å². The number of sulfonamides is 1. The van der Waals surface area contributed by atoms with Gasteiger partial charge in [-0.1, -0.05) is 32.0 Å². The van der Waals surface area contributed by atoms with Gasteiger partial charge in [0, 0.05) is 18.4 Å². The monoisotopic (exact) mass is 353 g/mol. The molecule has 0 bridgehead atoms. The molecule has 1 aromatic heterocycles. The zero-order valence-corrected chi connectivity index (χ0v) is 15.4. The highest BCUT2D eigenvalue weighted by atomic mass is 32.2. The van der Waals surface area contributed by atoms with Crippen LogP contribution in [-0.2, 0) is 21.9 Å². The molecule has 1 aromatic carbocycles. The van der Waals surface area contributed by atoms with Gasteiger partial charge in [0.2, 0.25) is 15.9 Å². The first kappa shape index (κ1) is 18.4. The number of hydrogen-bond acceptors (Lipinski definition) is 6. The van der Waals surface area contributed by atoms with E-state index in [9.17, 15) is 8.42 Å². The van der Waals surface area contributed by atoms with E-state index in [4.69, 9.17) is 9.26 Å². The third kappa shape index (κ3) is 4.33. The third-order valence-corrected chi connectivity index (χ3v) is 4.84. The van der Waals surface area contributed by atoms with Gasteiger partial charge in [-0.3, -0.25) is 0 Å². The highest BCUT2D eigenvalue weighted by molar-refractivity contribution is 7.89. The van der Waals surface area contributed by atoms with Crippen molar-refractivity contribution in [1.82, 2.24) is 14.9 Å². The SMILES string of the molecule is COc1ccc(C)cc1S(=O)(=O)NCCc1noc(C(C)(C)C)n1. The fourth-order valence-electron chi connectivity index (χ4n) is 2.03. The first-order valence-electron chi connectivity index (χ1n) is 7.61. The van der Waals surface area contributed by atoms with Gasteiger partial charge in [-0.2, -0.15) is 4.98 Å². The van der Waals surface area contributed by atoms with Crippen LogP contribution in [0.2, 0.25) is 0 Å². The summed E-state index contributed by atoms with van der Waals surface area (Å²) in [6.07, 6.45) is 0.340. The van der Waals surface area contributed by atoms with Crippen molar-refractivity contribution in [2.24, 2.45) is 0 Å². The van der Waals surface area contributed by atoms with Crippen LogP contribution in [0.3, 0.4) is 0 Å². The Labute approximate surface area is 142 Å². The smallest absolute Gasteiger partial charge is 0.244 e. The number of ether oxygens (including phenoxy) is 1. The summed E-state index contributed by atoms with van der Waals surface area (Å²) in [7, 11) is -2.24. The van der Waals surface area contributed by atoms with Gasteiger partial charge in [0.15, 0.2) is 5.82 Å². The fourth-order valence-corrected chi connectivity index (χ4v) is 3.31. The Bertz CT molecular complexity index is 807. The van der Waals surface area contributed by atoms with E-state index >= 15 is 0 Å². The van der Waals surface area contributed by atoms with E-state index in [1.807, 2.05) is 27.7 Å². The van der Waals surface area contributed by atoms with Crippen LogP contribution in [0.5, 0.6) is 5.75 Å². The Morgan fingerprint density at radius 2 is 2.00 bits per heavy atom. The minimum Gasteiger partial charge on any atom is -0.495 e. The average molecular weight is 353 g/mol. The van der Waals surface area contributed by atoms with Gasteiger partial charge in [-0.05, 0) is 24.6 Å². The van der Waals surface area contributed by atoms with E-state index in [1.54, 1.807) is 18.2 Å². The molecule has 0 spiro atoms. The van der Waals surface area contributed by atoms with Gasteiger partial charge in [0.25, 0.3) is 0 Å². The Kier molecular flexibility index (Phi) is 5.29. The van der Waals surface area contributed by atoms with E-state index in [1.165, 1.54) is 7.11 Å². The summed E-state index contributed by atoms with van der Waals surface area (Å²) in [5, 5.41) is 3.88. The molecule has 0 fully saturated rings. The lowest BCUT2D eigenvalue weighted by Crippen LogP contribution is -2.26. The molecule has 0 radical (unpaired) electrons. The van der Waals surface area contributed by atoms with Gasteiger partial charge in [0.05, 0.1) is 7.11 Å². The van der Waals surface area contributed by atoms with E-state index in [-0.39, 0.29) is 16.9 Å². The molecule has 1 N–H and O–H groups in total. The predicted octanol–water partition coefficient (Wildman–Crippen LogP) is 2.21. The van der Waals surface area contributed by atoms with Crippen molar-refractivity contribution in [2.75, 3.05) is 13.7 Å². The largest absolute Gasteiger partial charge is 0.495 e. The molecule has 0 aliphatic carbocycles. The van der Waals surface area contributed by atoms with Crippen LogP contribution < -0.4 is 9.46 Å². The van der Waals surface area contributed by atoms with E-state index in [0.717, 1.165) is 5.56 Å². The first-order chi connectivity index (χ1) is 11.1. The number of methoxy groups -OCH3 is 1. The van der Waals surface area contributed by atoms with Crippen molar-refractivity contribution < 1.29 is 17.7 Å². The van der Waals surface area contributed by atoms with Crippen LogP contribution >= 0.6 is 0 Å². The molecule has 0 atom stereocenters. The van der Waals surface area contributed by atoms with Crippen molar-refractivity contribution in [3.63, 3.8) is 0 Å². The second kappa shape index (κ2) is 6.90. The van der Waals surface area contributed by atoms with Gasteiger partial charge in [0.1, 0.15) is 10.6 Å². The number of nitrogens with one attached hydrogen (secondary N) is 1. The second-order valence-electron chi connectivity index (χ2n) is 6.57. The van der Waals surface area contributed by atoms with E-state index in [0.29, 0.717) is 23.9 Å². The molecular formula is C16H23N3O4S. The summed E-state index contributed by atoms with van der Waals surface area (Å²) in [5.41, 5.74) is 0.601. The van der Waals surface area contributed by atoms with Crippen molar-refractivity contribution in [2.45, 2.75) is 44.4 Å². The van der Waals surface area contributed by atoms with Gasteiger partial charge >= 0.3 is 0 Å². The topological polar surface area (TPSA) is 94.3 Å². The number of nitrogens with zero attached hydrogens (tertiary/aromatic N) is 2. The normalized spacial score (nSPS) is 12.4. The third-order valence-electron chi connectivity index (χ3n) is 3.36. The van der Waals surface area contributed by atoms with Crippen molar-refractivity contribution in [3.8, 4) is 5.75 Å². The number of benzene rings is 1. The minimum atomic E-state index is -3.68. The fraction of sp³-hybridized carbons (Fsp3) is 0.500. The van der Waals surface area contributed by atoms with Gasteiger partial charge < -0.3 is 9.26 Å². The maximum Gasteiger partial charge on any atom is 0.244 e. The molecule has 1 heterocycles. The lowest BCUT2D eigenvalue weighted by atomic mass is 9.97. The summed E-state index contributed by atoms with van der Waals surface area (Å²) >= 11 is 0. The summed E-state index contributed by atoms with van der Waals surface area (Å²) < 4.78 is 37.8. The summed E-state index contributed by atoms with van der Waals surface area (Å²) in [4.78, 5) is 4.40. The molecule has 0 unspecified atom stereocenters. The molecule has 2 rings (SSSR count). The highest BCUT2D eigenvalue weighted by Gasteiger charge is 2.22. The van der Waals surface area contributed by atoms with Crippen molar-refractivity contribution in [3.05, 3.63) is 35.5 Å².